The lowest BCUT2D eigenvalue weighted by molar-refractivity contribution is -0.138. The Bertz CT molecular complexity index is 447. The fourth-order valence-corrected chi connectivity index (χ4v) is 3.29. The quantitative estimate of drug-likeness (QED) is 0.829. The Morgan fingerprint density at radius 2 is 2.05 bits per heavy atom. The van der Waals surface area contributed by atoms with E-state index in [1.165, 1.54) is 23.4 Å². The van der Waals surface area contributed by atoms with Crippen molar-refractivity contribution < 1.29 is 14.7 Å². The van der Waals surface area contributed by atoms with E-state index in [2.05, 4.69) is 10.3 Å². The Kier molecular flexibility index (Phi) is 4.90. The van der Waals surface area contributed by atoms with Gasteiger partial charge in [-0.25, -0.2) is 4.98 Å². The molecule has 2 N–H and O–H groups in total. The van der Waals surface area contributed by atoms with Gasteiger partial charge in [-0.05, 0) is 25.7 Å². The predicted molar refractivity (Wildman–Crippen MR) is 72.3 cm³/mol. The second kappa shape index (κ2) is 6.65. The Morgan fingerprint density at radius 3 is 2.79 bits per heavy atom. The molecule has 0 aliphatic heterocycles. The molecule has 0 saturated carbocycles. The van der Waals surface area contributed by atoms with Crippen LogP contribution in [0.1, 0.15) is 41.3 Å². The lowest BCUT2D eigenvalue weighted by Crippen LogP contribution is -2.25. The largest absolute Gasteiger partial charge is 0.481 e. The number of carbonyl (C=O) groups excluding carboxylic acids is 1. The molecule has 5 nitrogen and oxygen atoms in total. The average Bonchev–Trinajstić information content (AvgIpc) is 2.79. The minimum Gasteiger partial charge on any atom is -0.481 e. The van der Waals surface area contributed by atoms with Gasteiger partial charge in [0, 0.05) is 24.3 Å². The van der Waals surface area contributed by atoms with Crippen LogP contribution in [-0.4, -0.2) is 28.5 Å². The number of hydrogen-bond donors (Lipinski definition) is 2. The zero-order valence-corrected chi connectivity index (χ0v) is 11.6. The van der Waals surface area contributed by atoms with E-state index < -0.39 is 5.97 Å². The van der Waals surface area contributed by atoms with Crippen molar-refractivity contribution in [1.82, 2.24) is 10.3 Å². The van der Waals surface area contributed by atoms with E-state index in [1.807, 2.05) is 0 Å². The van der Waals surface area contributed by atoms with Gasteiger partial charge in [-0.2, -0.15) is 0 Å². The topological polar surface area (TPSA) is 79.3 Å². The van der Waals surface area contributed by atoms with E-state index >= 15 is 0 Å². The van der Waals surface area contributed by atoms with Gasteiger partial charge >= 0.3 is 5.97 Å². The van der Waals surface area contributed by atoms with Gasteiger partial charge in [-0.1, -0.05) is 0 Å². The summed E-state index contributed by atoms with van der Waals surface area (Å²) in [4.78, 5) is 27.7. The van der Waals surface area contributed by atoms with Crippen LogP contribution in [0, 0.1) is 0 Å². The molecule has 1 aliphatic rings. The molecule has 0 unspecified atom stereocenters. The number of hydrogen-bond acceptors (Lipinski definition) is 4. The molecule has 0 saturated heterocycles. The Hall–Kier alpha value is -1.43. The molecule has 2 rings (SSSR count). The smallest absolute Gasteiger partial charge is 0.303 e. The fraction of sp³-hybridized carbons (Fsp3) is 0.615. The number of aryl methyl sites for hydroxylation is 2. The van der Waals surface area contributed by atoms with Gasteiger partial charge in [0.15, 0.2) is 0 Å². The predicted octanol–water partition coefficient (Wildman–Crippen LogP) is 1.55. The molecule has 0 aromatic carbocycles. The van der Waals surface area contributed by atoms with Crippen molar-refractivity contribution in [2.75, 3.05) is 6.54 Å². The zero-order valence-electron chi connectivity index (χ0n) is 10.8. The molecular formula is C13H18N2O3S. The van der Waals surface area contributed by atoms with Crippen molar-refractivity contribution in [2.45, 2.75) is 44.9 Å². The summed E-state index contributed by atoms with van der Waals surface area (Å²) in [7, 11) is 0. The number of carboxylic acids is 1. The van der Waals surface area contributed by atoms with Crippen molar-refractivity contribution in [2.24, 2.45) is 0 Å². The van der Waals surface area contributed by atoms with Crippen molar-refractivity contribution in [1.29, 1.82) is 0 Å². The summed E-state index contributed by atoms with van der Waals surface area (Å²) >= 11 is 1.75. The normalized spacial score (nSPS) is 13.9. The highest BCUT2D eigenvalue weighted by atomic mass is 32.1. The van der Waals surface area contributed by atoms with Gasteiger partial charge in [0.2, 0.25) is 5.91 Å². The molecule has 0 fully saturated rings. The van der Waals surface area contributed by atoms with Crippen LogP contribution in [0.5, 0.6) is 0 Å². The number of aromatic nitrogens is 1. The summed E-state index contributed by atoms with van der Waals surface area (Å²) < 4.78 is 0. The first kappa shape index (κ1) is 14.0. The molecule has 104 valence electrons. The molecule has 1 aromatic heterocycles. The minimum atomic E-state index is -0.942. The second-order valence-electron chi connectivity index (χ2n) is 4.68. The molecule has 1 aliphatic carbocycles. The van der Waals surface area contributed by atoms with Crippen LogP contribution < -0.4 is 5.32 Å². The van der Waals surface area contributed by atoms with Crippen LogP contribution in [0.3, 0.4) is 0 Å². The third kappa shape index (κ3) is 4.31. The number of nitrogens with zero attached hydrogens (tertiary/aromatic N) is 1. The molecule has 19 heavy (non-hydrogen) atoms. The summed E-state index contributed by atoms with van der Waals surface area (Å²) in [6, 6.07) is 0. The van der Waals surface area contributed by atoms with E-state index in [4.69, 9.17) is 5.11 Å². The molecule has 0 spiro atoms. The van der Waals surface area contributed by atoms with Crippen molar-refractivity contribution >= 4 is 23.2 Å². The molecule has 0 radical (unpaired) electrons. The maximum Gasteiger partial charge on any atom is 0.303 e. The van der Waals surface area contributed by atoms with E-state index in [1.54, 1.807) is 11.3 Å². The van der Waals surface area contributed by atoms with Gasteiger partial charge in [0.25, 0.3) is 0 Å². The maximum atomic E-state index is 11.3. The lowest BCUT2D eigenvalue weighted by Gasteiger charge is -2.06. The number of thiazole rings is 1. The van der Waals surface area contributed by atoms with Crippen LogP contribution in [0.2, 0.25) is 0 Å². The summed E-state index contributed by atoms with van der Waals surface area (Å²) in [6.45, 7) is 0.533. The van der Waals surface area contributed by atoms with Crippen LogP contribution in [0.15, 0.2) is 0 Å². The molecule has 0 bridgehead atoms. The van der Waals surface area contributed by atoms with E-state index in [9.17, 15) is 9.59 Å². The third-order valence-electron chi connectivity index (χ3n) is 3.12. The van der Waals surface area contributed by atoms with Gasteiger partial charge < -0.3 is 10.4 Å². The summed E-state index contributed by atoms with van der Waals surface area (Å²) in [5.74, 6) is -1.15. The first-order valence-electron chi connectivity index (χ1n) is 6.61. The van der Waals surface area contributed by atoms with Gasteiger partial charge in [0.1, 0.15) is 0 Å². The second-order valence-corrected chi connectivity index (χ2v) is 5.85. The van der Waals surface area contributed by atoms with E-state index in [-0.39, 0.29) is 18.7 Å². The van der Waals surface area contributed by atoms with Gasteiger partial charge in [-0.3, -0.25) is 9.59 Å². The zero-order chi connectivity index (χ0) is 13.7. The molecule has 6 heteroatoms. The molecule has 1 heterocycles. The average molecular weight is 282 g/mol. The fourth-order valence-electron chi connectivity index (χ4n) is 2.13. The summed E-state index contributed by atoms with van der Waals surface area (Å²) in [5.41, 5.74) is 1.24. The number of aliphatic carboxylic acids is 1. The highest BCUT2D eigenvalue weighted by molar-refractivity contribution is 7.11. The SMILES string of the molecule is O=C(O)CCC(=O)NCCc1nc2c(s1)CCCC2. The van der Waals surface area contributed by atoms with Gasteiger partial charge in [-0.15, -0.1) is 11.3 Å². The number of fused-ring (bicyclic) bond motifs is 1. The molecule has 0 atom stereocenters. The Balaban J connectivity index is 1.72. The summed E-state index contributed by atoms with van der Waals surface area (Å²) in [6.07, 6.45) is 5.36. The van der Waals surface area contributed by atoms with E-state index in [0.29, 0.717) is 6.54 Å². The van der Waals surface area contributed by atoms with Crippen LogP contribution in [0.25, 0.3) is 0 Å². The maximum absolute atomic E-state index is 11.3. The first-order chi connectivity index (χ1) is 9.15. The lowest BCUT2D eigenvalue weighted by atomic mass is 10.0. The van der Waals surface area contributed by atoms with Crippen molar-refractivity contribution in [3.8, 4) is 0 Å². The molecule has 1 aromatic rings. The highest BCUT2D eigenvalue weighted by Gasteiger charge is 2.14. The summed E-state index contributed by atoms with van der Waals surface area (Å²) in [5, 5.41) is 12.3. The number of carbonyl (C=O) groups is 2. The number of nitrogens with one attached hydrogen (secondary N) is 1. The van der Waals surface area contributed by atoms with Crippen molar-refractivity contribution in [3.05, 3.63) is 15.6 Å². The van der Waals surface area contributed by atoms with Crippen molar-refractivity contribution in [3.63, 3.8) is 0 Å². The van der Waals surface area contributed by atoms with Crippen LogP contribution >= 0.6 is 11.3 Å². The Morgan fingerprint density at radius 1 is 1.26 bits per heavy atom. The first-order valence-corrected chi connectivity index (χ1v) is 7.43. The van der Waals surface area contributed by atoms with Crippen LogP contribution in [-0.2, 0) is 28.9 Å². The van der Waals surface area contributed by atoms with E-state index in [0.717, 1.165) is 24.3 Å². The number of amides is 1. The molecular weight excluding hydrogens is 264 g/mol. The highest BCUT2D eigenvalue weighted by Crippen LogP contribution is 2.26. The van der Waals surface area contributed by atoms with Crippen LogP contribution in [0.4, 0.5) is 0 Å². The monoisotopic (exact) mass is 282 g/mol. The third-order valence-corrected chi connectivity index (χ3v) is 4.33. The standard InChI is InChI=1S/C13H18N2O3S/c16-11(5-6-13(17)18)14-8-7-12-15-9-3-1-2-4-10(9)19-12/h1-8H2,(H,14,16)(H,17,18). The number of carboxylic acid groups (broad SMARTS) is 1. The number of rotatable bonds is 6. The minimum absolute atomic E-state index is 0.0453. The Labute approximate surface area is 116 Å². The van der Waals surface area contributed by atoms with Gasteiger partial charge in [0.05, 0.1) is 17.1 Å². The molecule has 1 amide bonds.